The predicted octanol–water partition coefficient (Wildman–Crippen LogP) is 4.77. The number of carboxylic acids is 1. The van der Waals surface area contributed by atoms with E-state index in [9.17, 15) is 4.79 Å². The number of alkyl halides is 2. The van der Waals surface area contributed by atoms with Gasteiger partial charge in [-0.2, -0.15) is 5.10 Å². The fourth-order valence-electron chi connectivity index (χ4n) is 2.29. The smallest absolute Gasteiger partial charge is 0.337 e. The van der Waals surface area contributed by atoms with Crippen molar-refractivity contribution < 1.29 is 9.90 Å². The molecule has 0 amide bonds. The predicted molar refractivity (Wildman–Crippen MR) is 110 cm³/mol. The Bertz CT molecular complexity index is 761. The minimum Gasteiger partial charge on any atom is -0.478 e. The molecule has 2 rings (SSSR count). The topological polar surface area (TPSA) is 64.9 Å². The third-order valence-electron chi connectivity index (χ3n) is 3.57. The van der Waals surface area contributed by atoms with E-state index >= 15 is 0 Å². The lowest BCUT2D eigenvalue weighted by Gasteiger charge is -2.22. The van der Waals surface area contributed by atoms with Crippen molar-refractivity contribution in [2.75, 3.05) is 35.2 Å². The molecule has 0 heterocycles. The van der Waals surface area contributed by atoms with E-state index in [-0.39, 0.29) is 10.6 Å². The molecule has 138 valence electrons. The van der Waals surface area contributed by atoms with Gasteiger partial charge in [0.05, 0.1) is 22.5 Å². The number of hydrazone groups is 1. The summed E-state index contributed by atoms with van der Waals surface area (Å²) in [7, 11) is 0. The summed E-state index contributed by atoms with van der Waals surface area (Å²) in [5.41, 5.74) is 5.29. The molecular weight excluding hydrogens is 397 g/mol. The number of rotatable bonds is 9. The van der Waals surface area contributed by atoms with Gasteiger partial charge in [-0.05, 0) is 35.9 Å². The highest BCUT2D eigenvalue weighted by Crippen LogP contribution is 2.20. The minimum atomic E-state index is -1.09. The minimum absolute atomic E-state index is 0.0230. The van der Waals surface area contributed by atoms with Crippen molar-refractivity contribution in [2.24, 2.45) is 5.10 Å². The average molecular weight is 415 g/mol. The van der Waals surface area contributed by atoms with E-state index in [2.05, 4.69) is 15.4 Å². The van der Waals surface area contributed by atoms with Gasteiger partial charge in [-0.1, -0.05) is 23.7 Å². The molecule has 0 saturated heterocycles. The standard InChI is InChI=1S/C18H18Cl3N3O2/c19-7-9-24(10-8-20)15-4-1-13(2-5-15)12-22-23-14-3-6-17(21)16(11-14)18(25)26/h1-6,11-12,23H,7-10H2,(H,25,26). The molecule has 8 heteroatoms. The van der Waals surface area contributed by atoms with E-state index in [1.807, 2.05) is 24.3 Å². The van der Waals surface area contributed by atoms with E-state index in [0.717, 1.165) is 24.3 Å². The van der Waals surface area contributed by atoms with Gasteiger partial charge in [-0.25, -0.2) is 4.79 Å². The highest BCUT2D eigenvalue weighted by Gasteiger charge is 2.09. The van der Waals surface area contributed by atoms with Crippen molar-refractivity contribution in [1.82, 2.24) is 0 Å². The van der Waals surface area contributed by atoms with Gasteiger partial charge >= 0.3 is 5.97 Å². The highest BCUT2D eigenvalue weighted by molar-refractivity contribution is 6.33. The van der Waals surface area contributed by atoms with Gasteiger partial charge in [0.1, 0.15) is 0 Å². The molecular formula is C18H18Cl3N3O2. The molecule has 0 aliphatic rings. The Morgan fingerprint density at radius 2 is 1.77 bits per heavy atom. The van der Waals surface area contributed by atoms with E-state index in [1.165, 1.54) is 12.1 Å². The Hall–Kier alpha value is -1.95. The molecule has 0 saturated carbocycles. The first kappa shape index (κ1) is 20.4. The number of nitrogens with one attached hydrogen (secondary N) is 1. The van der Waals surface area contributed by atoms with Crippen LogP contribution in [0.2, 0.25) is 5.02 Å². The second-order valence-electron chi connectivity index (χ2n) is 5.33. The van der Waals surface area contributed by atoms with Crippen molar-refractivity contribution in [3.63, 3.8) is 0 Å². The highest BCUT2D eigenvalue weighted by atomic mass is 35.5. The number of hydrogen-bond acceptors (Lipinski definition) is 4. The summed E-state index contributed by atoms with van der Waals surface area (Å²) in [6, 6.07) is 12.4. The molecule has 0 aliphatic heterocycles. The molecule has 0 aliphatic carbocycles. The summed E-state index contributed by atoms with van der Waals surface area (Å²) in [5, 5.41) is 13.4. The van der Waals surface area contributed by atoms with Crippen LogP contribution >= 0.6 is 34.8 Å². The Kier molecular flexibility index (Phi) is 8.04. The van der Waals surface area contributed by atoms with E-state index in [0.29, 0.717) is 17.4 Å². The second kappa shape index (κ2) is 10.3. The van der Waals surface area contributed by atoms with Crippen molar-refractivity contribution in [3.05, 3.63) is 58.6 Å². The third-order valence-corrected chi connectivity index (χ3v) is 4.24. The second-order valence-corrected chi connectivity index (χ2v) is 6.49. The van der Waals surface area contributed by atoms with Gasteiger partial charge in [0.15, 0.2) is 0 Å². The number of hydrogen-bond donors (Lipinski definition) is 2. The number of carboxylic acid groups (broad SMARTS) is 1. The van der Waals surface area contributed by atoms with Crippen LogP contribution in [0.15, 0.2) is 47.6 Å². The van der Waals surface area contributed by atoms with Crippen molar-refractivity contribution >= 4 is 58.4 Å². The molecule has 0 unspecified atom stereocenters. The first-order valence-corrected chi connectivity index (χ1v) is 9.28. The molecule has 26 heavy (non-hydrogen) atoms. The Balaban J connectivity index is 2.02. The molecule has 0 spiro atoms. The lowest BCUT2D eigenvalue weighted by molar-refractivity contribution is 0.0697. The van der Waals surface area contributed by atoms with Crippen LogP contribution in [0.3, 0.4) is 0 Å². The quantitative estimate of drug-likeness (QED) is 0.352. The van der Waals surface area contributed by atoms with Gasteiger partial charge in [-0.3, -0.25) is 5.43 Å². The molecule has 0 aromatic heterocycles. The number of carbonyl (C=O) groups is 1. The number of nitrogens with zero attached hydrogens (tertiary/aromatic N) is 2. The van der Waals surface area contributed by atoms with Gasteiger partial charge in [0.25, 0.3) is 0 Å². The Morgan fingerprint density at radius 1 is 1.12 bits per heavy atom. The maximum atomic E-state index is 11.1. The van der Waals surface area contributed by atoms with Crippen LogP contribution in [0.25, 0.3) is 0 Å². The van der Waals surface area contributed by atoms with Crippen LogP contribution in [0.1, 0.15) is 15.9 Å². The van der Waals surface area contributed by atoms with Crippen LogP contribution in [0, 0.1) is 0 Å². The first-order valence-electron chi connectivity index (χ1n) is 7.84. The van der Waals surface area contributed by atoms with E-state index in [1.54, 1.807) is 12.3 Å². The van der Waals surface area contributed by atoms with Crippen LogP contribution in [0.4, 0.5) is 11.4 Å². The van der Waals surface area contributed by atoms with Crippen molar-refractivity contribution in [1.29, 1.82) is 0 Å². The van der Waals surface area contributed by atoms with Crippen LogP contribution in [-0.4, -0.2) is 42.1 Å². The summed E-state index contributed by atoms with van der Waals surface area (Å²) in [6.07, 6.45) is 1.65. The largest absolute Gasteiger partial charge is 0.478 e. The maximum absolute atomic E-state index is 11.1. The van der Waals surface area contributed by atoms with Crippen molar-refractivity contribution in [2.45, 2.75) is 0 Å². The zero-order valence-corrected chi connectivity index (χ0v) is 16.1. The lowest BCUT2D eigenvalue weighted by Crippen LogP contribution is -2.27. The van der Waals surface area contributed by atoms with Crippen LogP contribution in [0.5, 0.6) is 0 Å². The molecule has 0 atom stereocenters. The summed E-state index contributed by atoms with van der Waals surface area (Å²) < 4.78 is 0. The zero-order chi connectivity index (χ0) is 18.9. The summed E-state index contributed by atoms with van der Waals surface area (Å²) in [4.78, 5) is 13.2. The van der Waals surface area contributed by atoms with Crippen LogP contribution < -0.4 is 10.3 Å². The van der Waals surface area contributed by atoms with Crippen LogP contribution in [-0.2, 0) is 0 Å². The van der Waals surface area contributed by atoms with Gasteiger partial charge in [0, 0.05) is 30.5 Å². The van der Waals surface area contributed by atoms with Gasteiger partial charge in [-0.15, -0.1) is 23.2 Å². The number of aromatic carboxylic acids is 1. The Morgan fingerprint density at radius 3 is 2.35 bits per heavy atom. The van der Waals surface area contributed by atoms with Gasteiger partial charge < -0.3 is 10.0 Å². The lowest BCUT2D eigenvalue weighted by atomic mass is 10.2. The summed E-state index contributed by atoms with van der Waals surface area (Å²) in [5.74, 6) is -0.0240. The molecule has 0 radical (unpaired) electrons. The molecule has 2 N–H and O–H groups in total. The SMILES string of the molecule is O=C(O)c1cc(NN=Cc2ccc(N(CCCl)CCCl)cc2)ccc1Cl. The molecule has 5 nitrogen and oxygen atoms in total. The number of benzene rings is 2. The number of anilines is 2. The zero-order valence-electron chi connectivity index (χ0n) is 13.8. The van der Waals surface area contributed by atoms with Gasteiger partial charge in [0.2, 0.25) is 0 Å². The number of halogens is 3. The Labute approximate surface area is 167 Å². The first-order chi connectivity index (χ1) is 12.5. The molecule has 0 bridgehead atoms. The third kappa shape index (κ3) is 5.80. The molecule has 2 aromatic carbocycles. The average Bonchev–Trinajstić information content (AvgIpc) is 2.63. The fraction of sp³-hybridized carbons (Fsp3) is 0.222. The molecule has 0 fully saturated rings. The van der Waals surface area contributed by atoms with E-state index < -0.39 is 5.97 Å². The van der Waals surface area contributed by atoms with E-state index in [4.69, 9.17) is 39.9 Å². The summed E-state index contributed by atoms with van der Waals surface area (Å²) >= 11 is 17.5. The molecule has 2 aromatic rings. The monoisotopic (exact) mass is 413 g/mol. The summed E-state index contributed by atoms with van der Waals surface area (Å²) in [6.45, 7) is 1.46. The van der Waals surface area contributed by atoms with Crippen molar-refractivity contribution in [3.8, 4) is 0 Å². The maximum Gasteiger partial charge on any atom is 0.337 e. The fourth-order valence-corrected chi connectivity index (χ4v) is 2.89. The normalized spacial score (nSPS) is 10.9.